The molecule has 0 heterocycles. The van der Waals surface area contributed by atoms with Crippen LogP contribution in [0.15, 0.2) is 54.6 Å². The van der Waals surface area contributed by atoms with Crippen molar-refractivity contribution >= 4 is 40.9 Å². The van der Waals surface area contributed by atoms with Crippen LogP contribution in [0, 0.1) is 0 Å². The first-order chi connectivity index (χ1) is 11.6. The average molecular weight is 363 g/mol. The van der Waals surface area contributed by atoms with Gasteiger partial charge in [-0.05, 0) is 42.7 Å². The van der Waals surface area contributed by atoms with Gasteiger partial charge in [-0.1, -0.05) is 41.9 Å². The van der Waals surface area contributed by atoms with Crippen LogP contribution in [0.1, 0.15) is 16.8 Å². The van der Waals surface area contributed by atoms with E-state index < -0.39 is 6.04 Å². The Bertz CT molecular complexity index is 694. The van der Waals surface area contributed by atoms with E-state index in [2.05, 4.69) is 10.6 Å². The molecule has 4 nitrogen and oxygen atoms in total. The van der Waals surface area contributed by atoms with Crippen molar-refractivity contribution in [2.24, 2.45) is 0 Å². The van der Waals surface area contributed by atoms with E-state index in [0.717, 1.165) is 5.75 Å². The van der Waals surface area contributed by atoms with Gasteiger partial charge in [-0.15, -0.1) is 0 Å². The lowest BCUT2D eigenvalue weighted by molar-refractivity contribution is -0.118. The zero-order valence-corrected chi connectivity index (χ0v) is 14.9. The molecule has 2 N–H and O–H groups in total. The molecule has 2 rings (SSSR count). The molecule has 0 bridgehead atoms. The summed E-state index contributed by atoms with van der Waals surface area (Å²) in [4.78, 5) is 24.9. The largest absolute Gasteiger partial charge is 0.340 e. The molecule has 1 atom stereocenters. The average Bonchev–Trinajstić information content (AvgIpc) is 2.59. The molecule has 0 aliphatic carbocycles. The maximum absolute atomic E-state index is 12.5. The quantitative estimate of drug-likeness (QED) is 0.787. The highest BCUT2D eigenvalue weighted by Crippen LogP contribution is 2.15. The molecule has 0 radical (unpaired) electrons. The summed E-state index contributed by atoms with van der Waals surface area (Å²) >= 11 is 7.67. The lowest BCUT2D eigenvalue weighted by Gasteiger charge is -2.18. The van der Waals surface area contributed by atoms with E-state index in [0.29, 0.717) is 22.7 Å². The van der Waals surface area contributed by atoms with Crippen LogP contribution >= 0.6 is 23.4 Å². The fourth-order valence-electron chi connectivity index (χ4n) is 2.14. The van der Waals surface area contributed by atoms with Gasteiger partial charge in [0.15, 0.2) is 0 Å². The molecular formula is C18H19ClN2O2S. The Labute approximate surface area is 151 Å². The Balaban J connectivity index is 2.08. The van der Waals surface area contributed by atoms with Crippen molar-refractivity contribution in [3.63, 3.8) is 0 Å². The second-order valence-electron chi connectivity index (χ2n) is 5.14. The zero-order valence-electron chi connectivity index (χ0n) is 13.3. The SMILES string of the molecule is CSCC[C@@H](NC(=O)c1ccccc1Cl)C(=O)Nc1ccccc1. The Morgan fingerprint density at radius 3 is 2.42 bits per heavy atom. The van der Waals surface area contributed by atoms with Gasteiger partial charge in [0.25, 0.3) is 5.91 Å². The van der Waals surface area contributed by atoms with E-state index in [1.165, 1.54) is 0 Å². The third-order valence-corrected chi connectivity index (χ3v) is 4.37. The Morgan fingerprint density at radius 1 is 1.08 bits per heavy atom. The molecule has 0 aromatic heterocycles. The van der Waals surface area contributed by atoms with Crippen molar-refractivity contribution in [3.8, 4) is 0 Å². The minimum Gasteiger partial charge on any atom is -0.340 e. The van der Waals surface area contributed by atoms with Gasteiger partial charge in [0, 0.05) is 5.69 Å². The van der Waals surface area contributed by atoms with Gasteiger partial charge in [0.05, 0.1) is 10.6 Å². The Hall–Kier alpha value is -1.98. The minimum atomic E-state index is -0.624. The predicted molar refractivity (Wildman–Crippen MR) is 101 cm³/mol. The van der Waals surface area contributed by atoms with Gasteiger partial charge in [-0.2, -0.15) is 11.8 Å². The molecule has 2 aromatic rings. The molecule has 0 spiro atoms. The monoisotopic (exact) mass is 362 g/mol. The summed E-state index contributed by atoms with van der Waals surface area (Å²) in [7, 11) is 0. The number of nitrogens with one attached hydrogen (secondary N) is 2. The van der Waals surface area contributed by atoms with Gasteiger partial charge in [0.1, 0.15) is 6.04 Å². The van der Waals surface area contributed by atoms with Gasteiger partial charge in [-0.3, -0.25) is 9.59 Å². The second-order valence-corrected chi connectivity index (χ2v) is 6.54. The van der Waals surface area contributed by atoms with Crippen LogP contribution in [0.3, 0.4) is 0 Å². The molecule has 2 aromatic carbocycles. The zero-order chi connectivity index (χ0) is 17.4. The number of halogens is 1. The highest BCUT2D eigenvalue weighted by Gasteiger charge is 2.22. The molecule has 0 saturated carbocycles. The lowest BCUT2D eigenvalue weighted by atomic mass is 10.1. The van der Waals surface area contributed by atoms with E-state index in [-0.39, 0.29) is 11.8 Å². The molecule has 24 heavy (non-hydrogen) atoms. The smallest absolute Gasteiger partial charge is 0.253 e. The maximum atomic E-state index is 12.5. The van der Waals surface area contributed by atoms with E-state index in [9.17, 15) is 9.59 Å². The summed E-state index contributed by atoms with van der Waals surface area (Å²) in [6.45, 7) is 0. The van der Waals surface area contributed by atoms with Gasteiger partial charge in [-0.25, -0.2) is 0 Å². The number of rotatable bonds is 7. The molecule has 0 aliphatic heterocycles. The standard InChI is InChI=1S/C18H19ClN2O2S/c1-24-12-11-16(18(23)20-13-7-3-2-4-8-13)21-17(22)14-9-5-6-10-15(14)19/h2-10,16H,11-12H2,1H3,(H,20,23)(H,21,22)/t16-/m1/s1. The topological polar surface area (TPSA) is 58.2 Å². The second kappa shape index (κ2) is 9.35. The summed E-state index contributed by atoms with van der Waals surface area (Å²) in [6, 6.07) is 15.3. The number of benzene rings is 2. The van der Waals surface area contributed by atoms with Crippen LogP contribution in [0.2, 0.25) is 5.02 Å². The molecule has 0 aliphatic rings. The van der Waals surface area contributed by atoms with E-state index in [1.807, 2.05) is 24.5 Å². The summed E-state index contributed by atoms with van der Waals surface area (Å²) in [5, 5.41) is 5.97. The molecule has 0 unspecified atom stereocenters. The Morgan fingerprint density at radius 2 is 1.75 bits per heavy atom. The number of anilines is 1. The van der Waals surface area contributed by atoms with Crippen LogP contribution in [0.5, 0.6) is 0 Å². The first-order valence-electron chi connectivity index (χ1n) is 7.52. The van der Waals surface area contributed by atoms with Crippen molar-refractivity contribution in [3.05, 3.63) is 65.2 Å². The molecule has 0 saturated heterocycles. The number of carbonyl (C=O) groups is 2. The Kier molecular flexibility index (Phi) is 7.15. The molecule has 126 valence electrons. The number of amides is 2. The normalized spacial score (nSPS) is 11.6. The van der Waals surface area contributed by atoms with Crippen molar-refractivity contribution in [2.45, 2.75) is 12.5 Å². The predicted octanol–water partition coefficient (Wildman–Crippen LogP) is 3.83. The highest BCUT2D eigenvalue weighted by atomic mass is 35.5. The first kappa shape index (κ1) is 18.4. The van der Waals surface area contributed by atoms with Crippen LogP contribution in [0.25, 0.3) is 0 Å². The van der Waals surface area contributed by atoms with Gasteiger partial charge in [0.2, 0.25) is 5.91 Å². The van der Waals surface area contributed by atoms with Crippen molar-refractivity contribution in [1.82, 2.24) is 5.32 Å². The third-order valence-electron chi connectivity index (χ3n) is 3.39. The van der Waals surface area contributed by atoms with Crippen LogP contribution < -0.4 is 10.6 Å². The number of hydrogen-bond acceptors (Lipinski definition) is 3. The lowest BCUT2D eigenvalue weighted by Crippen LogP contribution is -2.44. The summed E-state index contributed by atoms with van der Waals surface area (Å²) in [5.74, 6) is 0.168. The van der Waals surface area contributed by atoms with Gasteiger partial charge < -0.3 is 10.6 Å². The van der Waals surface area contributed by atoms with Crippen LogP contribution in [0.4, 0.5) is 5.69 Å². The number of para-hydroxylation sites is 1. The fourth-order valence-corrected chi connectivity index (χ4v) is 2.83. The maximum Gasteiger partial charge on any atom is 0.253 e. The van der Waals surface area contributed by atoms with Crippen LogP contribution in [-0.2, 0) is 4.79 Å². The third kappa shape index (κ3) is 5.28. The first-order valence-corrected chi connectivity index (χ1v) is 9.29. The van der Waals surface area contributed by atoms with Crippen LogP contribution in [-0.4, -0.2) is 29.9 Å². The highest BCUT2D eigenvalue weighted by molar-refractivity contribution is 7.98. The van der Waals surface area contributed by atoms with E-state index >= 15 is 0 Å². The summed E-state index contributed by atoms with van der Waals surface area (Å²) < 4.78 is 0. The number of thioether (sulfide) groups is 1. The summed E-state index contributed by atoms with van der Waals surface area (Å²) in [5.41, 5.74) is 1.06. The molecule has 0 fully saturated rings. The molecule has 2 amide bonds. The van der Waals surface area contributed by atoms with Crippen molar-refractivity contribution < 1.29 is 9.59 Å². The number of carbonyl (C=O) groups excluding carboxylic acids is 2. The number of hydrogen-bond donors (Lipinski definition) is 2. The molecule has 6 heteroatoms. The molecular weight excluding hydrogens is 344 g/mol. The van der Waals surface area contributed by atoms with E-state index in [1.54, 1.807) is 48.2 Å². The van der Waals surface area contributed by atoms with Gasteiger partial charge >= 0.3 is 0 Å². The van der Waals surface area contributed by atoms with Crippen molar-refractivity contribution in [2.75, 3.05) is 17.3 Å². The van der Waals surface area contributed by atoms with Crippen molar-refractivity contribution in [1.29, 1.82) is 0 Å². The summed E-state index contributed by atoms with van der Waals surface area (Å²) in [6.07, 6.45) is 2.50. The van der Waals surface area contributed by atoms with E-state index in [4.69, 9.17) is 11.6 Å². The minimum absolute atomic E-state index is 0.240. The fraction of sp³-hybridized carbons (Fsp3) is 0.222.